The molecule has 0 rings (SSSR count). The van der Waals surface area contributed by atoms with Gasteiger partial charge in [-0.05, 0) is 13.8 Å². The van der Waals surface area contributed by atoms with Gasteiger partial charge in [0.05, 0.1) is 11.3 Å². The minimum atomic E-state index is -0.977. The van der Waals surface area contributed by atoms with E-state index in [0.29, 0.717) is 0 Å². The highest BCUT2D eigenvalue weighted by atomic mass is 35.5. The van der Waals surface area contributed by atoms with Gasteiger partial charge in [-0.1, -0.05) is 0 Å². The van der Waals surface area contributed by atoms with E-state index in [2.05, 4.69) is 0 Å². The lowest BCUT2D eigenvalue weighted by Crippen LogP contribution is -2.29. The van der Waals surface area contributed by atoms with Crippen molar-refractivity contribution >= 4 is 23.3 Å². The Morgan fingerprint density at radius 2 is 1.90 bits per heavy atom. The Balaban J connectivity index is 3.99. The topological polar surface area (TPSA) is 60.2 Å². The molecule has 0 bridgehead atoms. The summed E-state index contributed by atoms with van der Waals surface area (Å²) in [7, 11) is 0. The largest absolute Gasteiger partial charge is 0.369 e. The fraction of sp³-hybridized carbons (Fsp3) is 0.667. The molecule has 0 fully saturated rings. The quantitative estimate of drug-likeness (QED) is 0.485. The molecule has 0 heterocycles. The lowest BCUT2D eigenvalue weighted by Gasteiger charge is -2.11. The maximum atomic E-state index is 10.8. The molecule has 2 N–H and O–H groups in total. The Labute approximate surface area is 64.5 Å². The van der Waals surface area contributed by atoms with Crippen molar-refractivity contribution in [1.29, 1.82) is 0 Å². The van der Waals surface area contributed by atoms with Crippen LogP contribution in [0.3, 0.4) is 0 Å². The van der Waals surface area contributed by atoms with Gasteiger partial charge in [-0.15, -0.1) is 11.6 Å². The second kappa shape index (κ2) is 3.01. The number of nitrogens with two attached hydrogens (primary N) is 1. The third-order valence-corrected chi connectivity index (χ3v) is 1.21. The van der Waals surface area contributed by atoms with Crippen molar-refractivity contribution in [3.8, 4) is 0 Å². The van der Waals surface area contributed by atoms with Gasteiger partial charge >= 0.3 is 0 Å². The highest BCUT2D eigenvalue weighted by Crippen LogP contribution is 2.15. The molecule has 0 spiro atoms. The first kappa shape index (κ1) is 9.43. The maximum Gasteiger partial charge on any atom is 0.224 e. The summed E-state index contributed by atoms with van der Waals surface area (Å²) in [5, 5.41) is 0. The predicted molar refractivity (Wildman–Crippen MR) is 38.8 cm³/mol. The molecule has 0 aliphatic rings. The summed E-state index contributed by atoms with van der Waals surface area (Å²) in [6.07, 6.45) is -0.281. The standard InChI is InChI=1S/C6H10ClNO2/c1-6(2,7)4(9)3-5(8)10/h3H2,1-2H3,(H2,8,10). The zero-order valence-electron chi connectivity index (χ0n) is 5.98. The van der Waals surface area contributed by atoms with Crippen LogP contribution in [-0.2, 0) is 9.59 Å². The van der Waals surface area contributed by atoms with Crippen molar-refractivity contribution < 1.29 is 9.59 Å². The summed E-state index contributed by atoms with van der Waals surface area (Å²) in [6.45, 7) is 3.06. The van der Waals surface area contributed by atoms with Crippen LogP contribution in [0.5, 0.6) is 0 Å². The van der Waals surface area contributed by atoms with Gasteiger partial charge in [-0.2, -0.15) is 0 Å². The third kappa shape index (κ3) is 3.45. The Bertz CT molecular complexity index is 160. The molecule has 0 aromatic rings. The monoisotopic (exact) mass is 163 g/mol. The first-order chi connectivity index (χ1) is 4.34. The van der Waals surface area contributed by atoms with E-state index < -0.39 is 10.8 Å². The Hall–Kier alpha value is -0.570. The second-order valence-electron chi connectivity index (χ2n) is 2.54. The average molecular weight is 164 g/mol. The molecule has 0 atom stereocenters. The number of primary amides is 1. The van der Waals surface area contributed by atoms with Crippen LogP contribution in [0.15, 0.2) is 0 Å². The van der Waals surface area contributed by atoms with E-state index in [9.17, 15) is 9.59 Å². The molecule has 0 aromatic heterocycles. The maximum absolute atomic E-state index is 10.8. The van der Waals surface area contributed by atoms with E-state index in [4.69, 9.17) is 17.3 Å². The van der Waals surface area contributed by atoms with E-state index in [1.165, 1.54) is 13.8 Å². The summed E-state index contributed by atoms with van der Waals surface area (Å²) in [4.78, 5) is 20.1. The lowest BCUT2D eigenvalue weighted by atomic mass is 10.1. The summed E-state index contributed by atoms with van der Waals surface area (Å²) in [6, 6.07) is 0. The average Bonchev–Trinajstić information content (AvgIpc) is 1.60. The number of Topliss-reactive ketones (excluding diaryl/α,β-unsaturated/α-hetero) is 1. The molecule has 0 saturated carbocycles. The first-order valence-electron chi connectivity index (χ1n) is 2.84. The lowest BCUT2D eigenvalue weighted by molar-refractivity contribution is -0.127. The summed E-state index contributed by atoms with van der Waals surface area (Å²) in [5.41, 5.74) is 4.77. The molecule has 4 heteroatoms. The van der Waals surface area contributed by atoms with Crippen LogP contribution < -0.4 is 5.73 Å². The number of amides is 1. The van der Waals surface area contributed by atoms with Gasteiger partial charge in [0.2, 0.25) is 5.91 Å². The number of halogens is 1. The van der Waals surface area contributed by atoms with Crippen LogP contribution in [0.2, 0.25) is 0 Å². The van der Waals surface area contributed by atoms with Crippen molar-refractivity contribution in [2.24, 2.45) is 5.73 Å². The van der Waals surface area contributed by atoms with E-state index in [1.807, 2.05) is 0 Å². The minimum absolute atomic E-state index is 0.281. The molecule has 0 aromatic carbocycles. The molecule has 0 aliphatic carbocycles. The summed E-state index contributed by atoms with van der Waals surface area (Å²) >= 11 is 5.57. The molecule has 0 aliphatic heterocycles. The normalized spacial score (nSPS) is 11.1. The van der Waals surface area contributed by atoms with E-state index >= 15 is 0 Å². The minimum Gasteiger partial charge on any atom is -0.369 e. The van der Waals surface area contributed by atoms with E-state index in [0.717, 1.165) is 0 Å². The number of ketones is 1. The van der Waals surface area contributed by atoms with Crippen LogP contribution >= 0.6 is 11.6 Å². The number of rotatable bonds is 3. The molecular weight excluding hydrogens is 154 g/mol. The molecule has 0 unspecified atom stereocenters. The zero-order valence-corrected chi connectivity index (χ0v) is 6.73. The molecule has 10 heavy (non-hydrogen) atoms. The van der Waals surface area contributed by atoms with Crippen molar-refractivity contribution in [3.05, 3.63) is 0 Å². The van der Waals surface area contributed by atoms with Gasteiger partial charge in [0.25, 0.3) is 0 Å². The number of alkyl halides is 1. The summed E-state index contributed by atoms with van der Waals surface area (Å²) in [5.74, 6) is -0.986. The second-order valence-corrected chi connectivity index (χ2v) is 3.48. The van der Waals surface area contributed by atoms with Gasteiger partial charge < -0.3 is 5.73 Å². The highest BCUT2D eigenvalue weighted by Gasteiger charge is 2.24. The van der Waals surface area contributed by atoms with Gasteiger partial charge in [0.1, 0.15) is 0 Å². The van der Waals surface area contributed by atoms with Crippen LogP contribution in [0.4, 0.5) is 0 Å². The molecular formula is C6H10ClNO2. The van der Waals surface area contributed by atoms with Crippen molar-refractivity contribution in [3.63, 3.8) is 0 Å². The van der Waals surface area contributed by atoms with Gasteiger partial charge in [0, 0.05) is 0 Å². The number of hydrogen-bond acceptors (Lipinski definition) is 2. The van der Waals surface area contributed by atoms with Crippen molar-refractivity contribution in [2.45, 2.75) is 25.1 Å². The van der Waals surface area contributed by atoms with Crippen LogP contribution in [0.25, 0.3) is 0 Å². The molecule has 1 amide bonds. The predicted octanol–water partition coefficient (Wildman–Crippen LogP) is 0.448. The van der Waals surface area contributed by atoms with Gasteiger partial charge in [-0.25, -0.2) is 0 Å². The van der Waals surface area contributed by atoms with Crippen LogP contribution in [0.1, 0.15) is 20.3 Å². The Morgan fingerprint density at radius 1 is 1.50 bits per heavy atom. The first-order valence-corrected chi connectivity index (χ1v) is 3.22. The smallest absolute Gasteiger partial charge is 0.224 e. The van der Waals surface area contributed by atoms with Gasteiger partial charge in [-0.3, -0.25) is 9.59 Å². The number of hydrogen-bond donors (Lipinski definition) is 1. The van der Waals surface area contributed by atoms with E-state index in [1.54, 1.807) is 0 Å². The molecule has 0 saturated heterocycles. The van der Waals surface area contributed by atoms with Crippen LogP contribution in [-0.4, -0.2) is 16.6 Å². The SMILES string of the molecule is CC(C)(Cl)C(=O)CC(N)=O. The fourth-order valence-corrected chi connectivity index (χ4v) is 0.435. The Morgan fingerprint density at radius 3 is 2.00 bits per heavy atom. The molecule has 0 radical (unpaired) electrons. The third-order valence-electron chi connectivity index (χ3n) is 0.998. The molecule has 58 valence electrons. The van der Waals surface area contributed by atoms with Crippen molar-refractivity contribution in [2.75, 3.05) is 0 Å². The van der Waals surface area contributed by atoms with E-state index in [-0.39, 0.29) is 12.2 Å². The zero-order chi connectivity index (χ0) is 8.36. The van der Waals surface area contributed by atoms with Crippen molar-refractivity contribution in [1.82, 2.24) is 0 Å². The summed E-state index contributed by atoms with van der Waals surface area (Å²) < 4.78 is 0. The number of carbonyl (C=O) groups excluding carboxylic acids is 2. The number of carbonyl (C=O) groups is 2. The Kier molecular flexibility index (Phi) is 2.84. The van der Waals surface area contributed by atoms with Crippen LogP contribution in [0, 0.1) is 0 Å². The van der Waals surface area contributed by atoms with Gasteiger partial charge in [0.15, 0.2) is 5.78 Å². The fourth-order valence-electron chi connectivity index (χ4n) is 0.368. The highest BCUT2D eigenvalue weighted by molar-refractivity contribution is 6.35. The molecule has 3 nitrogen and oxygen atoms in total.